The van der Waals surface area contributed by atoms with Crippen LogP contribution >= 0.6 is 0 Å². The fraction of sp³-hybridized carbons (Fsp3) is 0.136. The summed E-state index contributed by atoms with van der Waals surface area (Å²) in [7, 11) is 1.58. The highest BCUT2D eigenvalue weighted by Crippen LogP contribution is 2.30. The van der Waals surface area contributed by atoms with Gasteiger partial charge in [-0.25, -0.2) is 0 Å². The quantitative estimate of drug-likeness (QED) is 0.608. The van der Waals surface area contributed by atoms with Crippen molar-refractivity contribution in [1.82, 2.24) is 0 Å². The minimum Gasteiger partial charge on any atom is -0.493 e. The molecule has 0 unspecified atom stereocenters. The Balaban J connectivity index is 1.82. The molecule has 3 rings (SSSR count). The van der Waals surface area contributed by atoms with Crippen LogP contribution in [0.2, 0.25) is 0 Å². The summed E-state index contributed by atoms with van der Waals surface area (Å²) in [6, 6.07) is 22.8. The van der Waals surface area contributed by atoms with Gasteiger partial charge in [-0.05, 0) is 36.2 Å². The standard InChI is InChI=1S/C22H20O3/c1-16-8-6-7-11-19(16)22(23)18-12-13-20(21(14-18)24-2)25-15-17-9-4-3-5-10-17/h3-14H,15H2,1-2H3. The normalized spacial score (nSPS) is 10.3. The smallest absolute Gasteiger partial charge is 0.193 e. The van der Waals surface area contributed by atoms with Crippen LogP contribution in [0.5, 0.6) is 11.5 Å². The maximum Gasteiger partial charge on any atom is 0.193 e. The molecule has 0 radical (unpaired) electrons. The fourth-order valence-corrected chi connectivity index (χ4v) is 2.65. The van der Waals surface area contributed by atoms with E-state index in [2.05, 4.69) is 0 Å². The molecule has 0 N–H and O–H groups in total. The molecular formula is C22H20O3. The molecule has 0 saturated carbocycles. The Morgan fingerprint density at radius 3 is 2.32 bits per heavy atom. The number of methoxy groups -OCH3 is 1. The Hall–Kier alpha value is -3.07. The lowest BCUT2D eigenvalue weighted by Gasteiger charge is -2.12. The first kappa shape index (κ1) is 16.8. The van der Waals surface area contributed by atoms with Gasteiger partial charge in [0.1, 0.15) is 6.61 Å². The van der Waals surface area contributed by atoms with E-state index in [4.69, 9.17) is 9.47 Å². The van der Waals surface area contributed by atoms with Crippen molar-refractivity contribution >= 4 is 5.78 Å². The minimum atomic E-state index is -0.0222. The molecule has 3 heteroatoms. The number of rotatable bonds is 6. The zero-order valence-corrected chi connectivity index (χ0v) is 14.4. The van der Waals surface area contributed by atoms with Gasteiger partial charge in [-0.15, -0.1) is 0 Å². The van der Waals surface area contributed by atoms with E-state index >= 15 is 0 Å². The molecule has 3 aromatic carbocycles. The molecule has 0 aromatic heterocycles. The van der Waals surface area contributed by atoms with Crippen LogP contribution in [0.4, 0.5) is 0 Å². The summed E-state index contributed by atoms with van der Waals surface area (Å²) in [4.78, 5) is 12.7. The summed E-state index contributed by atoms with van der Waals surface area (Å²) in [5.41, 5.74) is 3.31. The van der Waals surface area contributed by atoms with E-state index in [1.807, 2.05) is 61.5 Å². The monoisotopic (exact) mass is 332 g/mol. The van der Waals surface area contributed by atoms with E-state index in [-0.39, 0.29) is 5.78 Å². The van der Waals surface area contributed by atoms with Crippen molar-refractivity contribution in [1.29, 1.82) is 0 Å². The van der Waals surface area contributed by atoms with Gasteiger partial charge in [0.25, 0.3) is 0 Å². The molecule has 0 spiro atoms. The molecule has 0 atom stereocenters. The van der Waals surface area contributed by atoms with Gasteiger partial charge in [-0.1, -0.05) is 54.6 Å². The van der Waals surface area contributed by atoms with Gasteiger partial charge in [-0.3, -0.25) is 4.79 Å². The van der Waals surface area contributed by atoms with Crippen LogP contribution in [0, 0.1) is 6.92 Å². The van der Waals surface area contributed by atoms with Gasteiger partial charge < -0.3 is 9.47 Å². The number of hydrogen-bond acceptors (Lipinski definition) is 3. The summed E-state index contributed by atoms with van der Waals surface area (Å²) < 4.78 is 11.3. The molecule has 0 saturated heterocycles. The number of aryl methyl sites for hydroxylation is 1. The van der Waals surface area contributed by atoms with Crippen LogP contribution in [-0.4, -0.2) is 12.9 Å². The number of benzene rings is 3. The Morgan fingerprint density at radius 2 is 1.60 bits per heavy atom. The number of carbonyl (C=O) groups is 1. The first-order valence-electron chi connectivity index (χ1n) is 8.14. The fourth-order valence-electron chi connectivity index (χ4n) is 2.65. The van der Waals surface area contributed by atoms with Gasteiger partial charge in [0.2, 0.25) is 0 Å². The average molecular weight is 332 g/mol. The first-order chi connectivity index (χ1) is 12.2. The maximum absolute atomic E-state index is 12.7. The molecule has 0 aliphatic rings. The highest BCUT2D eigenvalue weighted by molar-refractivity contribution is 6.10. The third kappa shape index (κ3) is 3.89. The third-order valence-corrected chi connectivity index (χ3v) is 4.05. The van der Waals surface area contributed by atoms with Crippen LogP contribution in [0.15, 0.2) is 72.8 Å². The molecule has 3 aromatic rings. The molecule has 0 aliphatic heterocycles. The van der Waals surface area contributed by atoms with E-state index in [1.54, 1.807) is 25.3 Å². The van der Waals surface area contributed by atoms with Crippen molar-refractivity contribution in [2.75, 3.05) is 7.11 Å². The van der Waals surface area contributed by atoms with Crippen LogP contribution < -0.4 is 9.47 Å². The van der Waals surface area contributed by atoms with Crippen molar-refractivity contribution < 1.29 is 14.3 Å². The molecule has 25 heavy (non-hydrogen) atoms. The summed E-state index contributed by atoms with van der Waals surface area (Å²) in [5.74, 6) is 1.15. The second kappa shape index (κ2) is 7.67. The average Bonchev–Trinajstić information content (AvgIpc) is 2.67. The van der Waals surface area contributed by atoms with Crippen molar-refractivity contribution in [3.05, 3.63) is 95.1 Å². The Labute approximate surface area is 147 Å². The van der Waals surface area contributed by atoms with Gasteiger partial charge in [0.05, 0.1) is 7.11 Å². The topological polar surface area (TPSA) is 35.5 Å². The molecular weight excluding hydrogens is 312 g/mol. The number of hydrogen-bond donors (Lipinski definition) is 0. The van der Waals surface area contributed by atoms with E-state index < -0.39 is 0 Å². The second-order valence-electron chi connectivity index (χ2n) is 5.78. The summed E-state index contributed by atoms with van der Waals surface area (Å²) in [6.07, 6.45) is 0. The molecule has 0 bridgehead atoms. The highest BCUT2D eigenvalue weighted by atomic mass is 16.5. The molecule has 0 amide bonds. The number of ketones is 1. The molecule has 0 fully saturated rings. The lowest BCUT2D eigenvalue weighted by atomic mass is 9.99. The van der Waals surface area contributed by atoms with E-state index in [9.17, 15) is 4.79 Å². The Kier molecular flexibility index (Phi) is 5.14. The molecule has 126 valence electrons. The minimum absolute atomic E-state index is 0.0222. The molecule has 0 aliphatic carbocycles. The lowest BCUT2D eigenvalue weighted by Crippen LogP contribution is -2.05. The third-order valence-electron chi connectivity index (χ3n) is 4.05. The van der Waals surface area contributed by atoms with Crippen molar-refractivity contribution in [3.8, 4) is 11.5 Å². The van der Waals surface area contributed by atoms with E-state index in [1.165, 1.54) is 0 Å². The van der Waals surface area contributed by atoms with Crippen LogP contribution in [0.3, 0.4) is 0 Å². The largest absolute Gasteiger partial charge is 0.493 e. The number of carbonyl (C=O) groups excluding carboxylic acids is 1. The number of ether oxygens (including phenoxy) is 2. The van der Waals surface area contributed by atoms with E-state index in [0.29, 0.717) is 29.2 Å². The zero-order valence-electron chi connectivity index (χ0n) is 14.4. The summed E-state index contributed by atoms with van der Waals surface area (Å²) in [6.45, 7) is 2.38. The SMILES string of the molecule is COc1cc(C(=O)c2ccccc2C)ccc1OCc1ccccc1. The van der Waals surface area contributed by atoms with Crippen LogP contribution in [0.25, 0.3) is 0 Å². The zero-order chi connectivity index (χ0) is 17.6. The van der Waals surface area contributed by atoms with Gasteiger partial charge in [0.15, 0.2) is 17.3 Å². The first-order valence-corrected chi connectivity index (χ1v) is 8.14. The van der Waals surface area contributed by atoms with E-state index in [0.717, 1.165) is 11.1 Å². The predicted molar refractivity (Wildman–Crippen MR) is 98.4 cm³/mol. The second-order valence-corrected chi connectivity index (χ2v) is 5.78. The van der Waals surface area contributed by atoms with Crippen molar-refractivity contribution in [3.63, 3.8) is 0 Å². The Morgan fingerprint density at radius 1 is 0.880 bits per heavy atom. The molecule has 0 heterocycles. The summed E-state index contributed by atoms with van der Waals surface area (Å²) in [5, 5.41) is 0. The van der Waals surface area contributed by atoms with Crippen LogP contribution in [0.1, 0.15) is 27.0 Å². The van der Waals surface area contributed by atoms with Gasteiger partial charge in [-0.2, -0.15) is 0 Å². The molecule has 3 nitrogen and oxygen atoms in total. The van der Waals surface area contributed by atoms with Crippen LogP contribution in [-0.2, 0) is 6.61 Å². The predicted octanol–water partition coefficient (Wildman–Crippen LogP) is 4.81. The Bertz CT molecular complexity index is 869. The maximum atomic E-state index is 12.7. The van der Waals surface area contributed by atoms with Crippen molar-refractivity contribution in [2.45, 2.75) is 13.5 Å². The van der Waals surface area contributed by atoms with Crippen molar-refractivity contribution in [2.24, 2.45) is 0 Å². The lowest BCUT2D eigenvalue weighted by molar-refractivity contribution is 0.103. The highest BCUT2D eigenvalue weighted by Gasteiger charge is 2.14. The van der Waals surface area contributed by atoms with Gasteiger partial charge >= 0.3 is 0 Å². The van der Waals surface area contributed by atoms with Gasteiger partial charge in [0, 0.05) is 11.1 Å². The summed E-state index contributed by atoms with van der Waals surface area (Å²) >= 11 is 0.